The Bertz CT molecular complexity index is 584. The molecule has 0 bridgehead atoms. The van der Waals surface area contributed by atoms with Crippen molar-refractivity contribution < 1.29 is 9.90 Å². The summed E-state index contributed by atoms with van der Waals surface area (Å²) in [4.78, 5) is 14.2. The van der Waals surface area contributed by atoms with Crippen LogP contribution in [0.3, 0.4) is 0 Å². The second kappa shape index (κ2) is 7.57. The topological polar surface area (TPSA) is 66.6 Å². The number of aliphatic hydroxyl groups excluding tert-OH is 1. The molecule has 0 unspecified atom stereocenters. The maximum absolute atomic E-state index is 12.3. The van der Waals surface area contributed by atoms with Crippen LogP contribution in [-0.2, 0) is 6.54 Å². The third kappa shape index (κ3) is 4.70. The molecule has 4 nitrogen and oxygen atoms in total. The van der Waals surface area contributed by atoms with E-state index in [0.29, 0.717) is 24.3 Å². The van der Waals surface area contributed by atoms with Crippen LogP contribution >= 0.6 is 0 Å². The Morgan fingerprint density at radius 1 is 1.10 bits per heavy atom. The SMILES string of the molecule is Nc1cccc(C(=O)CN(CCO)Cc2ccccc2)c1. The highest BCUT2D eigenvalue weighted by Crippen LogP contribution is 2.10. The third-order valence-electron chi connectivity index (χ3n) is 3.24. The molecule has 0 fully saturated rings. The van der Waals surface area contributed by atoms with Gasteiger partial charge in [0.25, 0.3) is 0 Å². The van der Waals surface area contributed by atoms with Crippen molar-refractivity contribution in [2.75, 3.05) is 25.4 Å². The molecular formula is C17H20N2O2. The minimum Gasteiger partial charge on any atom is -0.399 e. The number of nitrogens with two attached hydrogens (primary N) is 1. The Hall–Kier alpha value is -2.17. The Labute approximate surface area is 124 Å². The summed E-state index contributed by atoms with van der Waals surface area (Å²) >= 11 is 0. The van der Waals surface area contributed by atoms with E-state index in [1.54, 1.807) is 24.3 Å². The molecule has 0 atom stereocenters. The van der Waals surface area contributed by atoms with Gasteiger partial charge < -0.3 is 10.8 Å². The van der Waals surface area contributed by atoms with Crippen LogP contribution in [0.2, 0.25) is 0 Å². The fraction of sp³-hybridized carbons (Fsp3) is 0.235. The summed E-state index contributed by atoms with van der Waals surface area (Å²) in [6.45, 7) is 1.38. The molecule has 0 spiro atoms. The van der Waals surface area contributed by atoms with Gasteiger partial charge in [-0.05, 0) is 17.7 Å². The number of hydrogen-bond acceptors (Lipinski definition) is 4. The molecule has 0 saturated heterocycles. The van der Waals surface area contributed by atoms with Gasteiger partial charge in [0.05, 0.1) is 13.2 Å². The zero-order valence-electron chi connectivity index (χ0n) is 11.9. The monoisotopic (exact) mass is 284 g/mol. The quantitative estimate of drug-likeness (QED) is 0.602. The van der Waals surface area contributed by atoms with Crippen molar-refractivity contribution in [3.8, 4) is 0 Å². The average molecular weight is 284 g/mol. The molecule has 0 heterocycles. The number of ketones is 1. The molecule has 0 aromatic heterocycles. The van der Waals surface area contributed by atoms with Crippen LogP contribution in [0, 0.1) is 0 Å². The minimum atomic E-state index is 0.00619. The number of rotatable bonds is 7. The molecule has 0 saturated carbocycles. The van der Waals surface area contributed by atoms with Gasteiger partial charge in [0.2, 0.25) is 0 Å². The highest BCUT2D eigenvalue weighted by molar-refractivity contribution is 5.98. The van der Waals surface area contributed by atoms with Gasteiger partial charge in [0.15, 0.2) is 5.78 Å². The maximum Gasteiger partial charge on any atom is 0.176 e. The molecule has 2 aromatic carbocycles. The Kier molecular flexibility index (Phi) is 5.49. The molecule has 2 aromatic rings. The van der Waals surface area contributed by atoms with E-state index in [1.165, 1.54) is 0 Å². The number of carbonyl (C=O) groups is 1. The van der Waals surface area contributed by atoms with Gasteiger partial charge in [-0.2, -0.15) is 0 Å². The van der Waals surface area contributed by atoms with Crippen LogP contribution in [0.15, 0.2) is 54.6 Å². The molecule has 110 valence electrons. The van der Waals surface area contributed by atoms with E-state index in [-0.39, 0.29) is 18.9 Å². The number of Topliss-reactive ketones (excluding diaryl/α,β-unsaturated/α-hetero) is 1. The predicted octanol–water partition coefficient (Wildman–Crippen LogP) is 1.95. The van der Waals surface area contributed by atoms with Crippen LogP contribution < -0.4 is 5.73 Å². The summed E-state index contributed by atoms with van der Waals surface area (Å²) in [6, 6.07) is 16.9. The number of hydrogen-bond donors (Lipinski definition) is 2. The predicted molar refractivity (Wildman–Crippen MR) is 84.0 cm³/mol. The van der Waals surface area contributed by atoms with E-state index >= 15 is 0 Å². The number of anilines is 1. The normalized spacial score (nSPS) is 10.8. The second-order valence-electron chi connectivity index (χ2n) is 4.97. The highest BCUT2D eigenvalue weighted by Gasteiger charge is 2.13. The van der Waals surface area contributed by atoms with Crippen molar-refractivity contribution in [3.63, 3.8) is 0 Å². The molecule has 2 rings (SSSR count). The van der Waals surface area contributed by atoms with E-state index in [4.69, 9.17) is 10.8 Å². The lowest BCUT2D eigenvalue weighted by atomic mass is 10.1. The van der Waals surface area contributed by atoms with Crippen LogP contribution in [0.1, 0.15) is 15.9 Å². The number of aliphatic hydroxyl groups is 1. The molecule has 0 radical (unpaired) electrons. The first-order valence-corrected chi connectivity index (χ1v) is 6.95. The van der Waals surface area contributed by atoms with Crippen LogP contribution in [0.25, 0.3) is 0 Å². The van der Waals surface area contributed by atoms with E-state index < -0.39 is 0 Å². The van der Waals surface area contributed by atoms with Crippen LogP contribution in [0.4, 0.5) is 5.69 Å². The van der Waals surface area contributed by atoms with Gasteiger partial charge in [-0.15, -0.1) is 0 Å². The first-order chi connectivity index (χ1) is 10.2. The van der Waals surface area contributed by atoms with Gasteiger partial charge >= 0.3 is 0 Å². The lowest BCUT2D eigenvalue weighted by molar-refractivity contribution is 0.0908. The second-order valence-corrected chi connectivity index (χ2v) is 4.97. The number of nitrogens with zero attached hydrogens (tertiary/aromatic N) is 1. The van der Waals surface area contributed by atoms with Gasteiger partial charge in [0, 0.05) is 24.3 Å². The first kappa shape index (κ1) is 15.2. The fourth-order valence-corrected chi connectivity index (χ4v) is 2.20. The summed E-state index contributed by atoms with van der Waals surface area (Å²) in [5.74, 6) is 0.00619. The van der Waals surface area contributed by atoms with E-state index in [0.717, 1.165) is 5.56 Å². The summed E-state index contributed by atoms with van der Waals surface area (Å²) in [7, 11) is 0. The van der Waals surface area contributed by atoms with Crippen molar-refractivity contribution in [3.05, 3.63) is 65.7 Å². The van der Waals surface area contributed by atoms with Crippen molar-refractivity contribution in [1.82, 2.24) is 4.90 Å². The average Bonchev–Trinajstić information content (AvgIpc) is 2.48. The summed E-state index contributed by atoms with van der Waals surface area (Å²) in [5.41, 5.74) is 8.00. The standard InChI is InChI=1S/C17H20N2O2/c18-16-8-4-7-15(11-16)17(21)13-19(9-10-20)12-14-5-2-1-3-6-14/h1-8,11,20H,9-10,12-13,18H2. The number of benzene rings is 2. The zero-order valence-corrected chi connectivity index (χ0v) is 11.9. The molecule has 4 heteroatoms. The zero-order chi connectivity index (χ0) is 15.1. The van der Waals surface area contributed by atoms with Gasteiger partial charge in [-0.25, -0.2) is 0 Å². The van der Waals surface area contributed by atoms with E-state index in [9.17, 15) is 4.79 Å². The van der Waals surface area contributed by atoms with E-state index in [1.807, 2.05) is 35.2 Å². The minimum absolute atomic E-state index is 0.00619. The summed E-state index contributed by atoms with van der Waals surface area (Å²) < 4.78 is 0. The molecule has 0 aliphatic rings. The number of carbonyl (C=O) groups excluding carboxylic acids is 1. The maximum atomic E-state index is 12.3. The Morgan fingerprint density at radius 3 is 2.52 bits per heavy atom. The summed E-state index contributed by atoms with van der Waals surface area (Å²) in [5, 5.41) is 9.17. The largest absolute Gasteiger partial charge is 0.399 e. The lowest BCUT2D eigenvalue weighted by Gasteiger charge is -2.20. The highest BCUT2D eigenvalue weighted by atomic mass is 16.3. The van der Waals surface area contributed by atoms with Crippen molar-refractivity contribution >= 4 is 11.5 Å². The molecular weight excluding hydrogens is 264 g/mol. The van der Waals surface area contributed by atoms with Crippen molar-refractivity contribution in [2.45, 2.75) is 6.54 Å². The smallest absolute Gasteiger partial charge is 0.176 e. The fourth-order valence-electron chi connectivity index (χ4n) is 2.20. The lowest BCUT2D eigenvalue weighted by Crippen LogP contribution is -2.32. The Balaban J connectivity index is 2.04. The molecule has 21 heavy (non-hydrogen) atoms. The van der Waals surface area contributed by atoms with E-state index in [2.05, 4.69) is 0 Å². The van der Waals surface area contributed by atoms with Gasteiger partial charge in [-0.3, -0.25) is 9.69 Å². The molecule has 3 N–H and O–H groups in total. The summed E-state index contributed by atoms with van der Waals surface area (Å²) in [6.07, 6.45) is 0. The van der Waals surface area contributed by atoms with Crippen molar-refractivity contribution in [2.24, 2.45) is 0 Å². The molecule has 0 amide bonds. The van der Waals surface area contributed by atoms with Crippen LogP contribution in [-0.4, -0.2) is 35.5 Å². The van der Waals surface area contributed by atoms with Gasteiger partial charge in [-0.1, -0.05) is 42.5 Å². The Morgan fingerprint density at radius 2 is 1.86 bits per heavy atom. The number of nitrogen functional groups attached to an aromatic ring is 1. The first-order valence-electron chi connectivity index (χ1n) is 6.95. The van der Waals surface area contributed by atoms with Crippen molar-refractivity contribution in [1.29, 1.82) is 0 Å². The molecule has 0 aliphatic carbocycles. The molecule has 0 aliphatic heterocycles. The van der Waals surface area contributed by atoms with Gasteiger partial charge in [0.1, 0.15) is 0 Å². The third-order valence-corrected chi connectivity index (χ3v) is 3.24. The van der Waals surface area contributed by atoms with Crippen LogP contribution in [0.5, 0.6) is 0 Å².